The van der Waals surface area contributed by atoms with Crippen molar-refractivity contribution in [2.75, 3.05) is 0 Å². The highest BCUT2D eigenvalue weighted by atomic mass is 16.1. The van der Waals surface area contributed by atoms with Gasteiger partial charge in [-0.05, 0) is 24.7 Å². The van der Waals surface area contributed by atoms with Crippen LogP contribution in [0.15, 0.2) is 11.6 Å². The summed E-state index contributed by atoms with van der Waals surface area (Å²) in [5.41, 5.74) is 1.53. The minimum absolute atomic E-state index is 0.163. The summed E-state index contributed by atoms with van der Waals surface area (Å²) in [6.45, 7) is 8.59. The lowest BCUT2D eigenvalue weighted by atomic mass is 9.72. The molecular weight excluding hydrogens is 172 g/mol. The van der Waals surface area contributed by atoms with Gasteiger partial charge in [0.05, 0.1) is 0 Å². The lowest BCUT2D eigenvalue weighted by Crippen LogP contribution is -2.26. The van der Waals surface area contributed by atoms with E-state index in [-0.39, 0.29) is 11.3 Å². The number of hydrogen-bond acceptors (Lipinski definition) is 1. The summed E-state index contributed by atoms with van der Waals surface area (Å²) < 4.78 is 0. The molecule has 0 amide bonds. The van der Waals surface area contributed by atoms with Crippen molar-refractivity contribution in [2.45, 2.75) is 53.4 Å². The summed E-state index contributed by atoms with van der Waals surface area (Å²) in [4.78, 5) is 11.8. The van der Waals surface area contributed by atoms with Gasteiger partial charge in [-0.25, -0.2) is 0 Å². The van der Waals surface area contributed by atoms with Crippen molar-refractivity contribution in [3.63, 3.8) is 0 Å². The number of ketones is 1. The number of carbonyl (C=O) groups is 1. The maximum absolute atomic E-state index is 11.8. The van der Waals surface area contributed by atoms with Crippen LogP contribution < -0.4 is 0 Å². The Labute approximate surface area is 87.6 Å². The minimum atomic E-state index is 0.163. The number of Topliss-reactive ketones (excluding diaryl/α,β-unsaturated/α-hetero) is 1. The lowest BCUT2D eigenvalue weighted by molar-refractivity contribution is -0.122. The Morgan fingerprint density at radius 2 is 2.14 bits per heavy atom. The van der Waals surface area contributed by atoms with Gasteiger partial charge in [0.15, 0.2) is 0 Å². The van der Waals surface area contributed by atoms with Gasteiger partial charge in [0.1, 0.15) is 5.78 Å². The van der Waals surface area contributed by atoms with E-state index in [0.717, 1.165) is 12.8 Å². The predicted molar refractivity (Wildman–Crippen MR) is 60.2 cm³/mol. The molecule has 1 aliphatic carbocycles. The molecule has 1 atom stereocenters. The van der Waals surface area contributed by atoms with E-state index in [9.17, 15) is 4.79 Å². The number of carbonyl (C=O) groups excluding carboxylic acids is 1. The average molecular weight is 194 g/mol. The quantitative estimate of drug-likeness (QED) is 0.612. The molecule has 14 heavy (non-hydrogen) atoms. The van der Waals surface area contributed by atoms with Crippen molar-refractivity contribution in [1.29, 1.82) is 0 Å². The van der Waals surface area contributed by atoms with E-state index in [2.05, 4.69) is 26.8 Å². The molecule has 0 aromatic heterocycles. The fourth-order valence-electron chi connectivity index (χ4n) is 2.29. The second-order valence-corrected chi connectivity index (χ2v) is 5.21. The number of allylic oxidation sites excluding steroid dienone is 2. The van der Waals surface area contributed by atoms with Crippen LogP contribution in [0.5, 0.6) is 0 Å². The first kappa shape index (κ1) is 11.5. The van der Waals surface area contributed by atoms with Gasteiger partial charge in [0.25, 0.3) is 0 Å². The SMILES string of the molecule is CCC(=O)C1CCCC=C1C(C)(C)C. The fourth-order valence-corrected chi connectivity index (χ4v) is 2.29. The molecule has 80 valence electrons. The van der Waals surface area contributed by atoms with Crippen molar-refractivity contribution in [3.8, 4) is 0 Å². The van der Waals surface area contributed by atoms with Gasteiger partial charge < -0.3 is 0 Å². The highest BCUT2D eigenvalue weighted by molar-refractivity contribution is 5.83. The summed E-state index contributed by atoms with van der Waals surface area (Å²) in [7, 11) is 0. The van der Waals surface area contributed by atoms with E-state index in [1.165, 1.54) is 12.0 Å². The smallest absolute Gasteiger partial charge is 0.139 e. The van der Waals surface area contributed by atoms with Gasteiger partial charge in [-0.15, -0.1) is 0 Å². The lowest BCUT2D eigenvalue weighted by Gasteiger charge is -2.32. The first-order chi connectivity index (χ1) is 6.46. The highest BCUT2D eigenvalue weighted by Crippen LogP contribution is 2.38. The molecule has 1 aliphatic rings. The predicted octanol–water partition coefficient (Wildman–Crippen LogP) is 3.74. The summed E-state index contributed by atoms with van der Waals surface area (Å²) in [5.74, 6) is 0.639. The van der Waals surface area contributed by atoms with Crippen LogP contribution in [-0.2, 0) is 4.79 Å². The Bertz CT molecular complexity index is 242. The Hall–Kier alpha value is -0.590. The summed E-state index contributed by atoms with van der Waals surface area (Å²) in [6.07, 6.45) is 6.37. The van der Waals surface area contributed by atoms with E-state index >= 15 is 0 Å². The van der Waals surface area contributed by atoms with Crippen molar-refractivity contribution in [1.82, 2.24) is 0 Å². The van der Waals surface area contributed by atoms with Crippen LogP contribution in [0.4, 0.5) is 0 Å². The molecule has 0 radical (unpaired) electrons. The molecule has 0 heterocycles. The molecule has 0 N–H and O–H groups in total. The zero-order valence-corrected chi connectivity index (χ0v) is 9.89. The third kappa shape index (κ3) is 2.46. The molecule has 0 aromatic rings. The molecule has 0 bridgehead atoms. The molecule has 0 saturated carbocycles. The number of hydrogen-bond donors (Lipinski definition) is 0. The van der Waals surface area contributed by atoms with E-state index in [0.29, 0.717) is 12.2 Å². The van der Waals surface area contributed by atoms with E-state index in [1.54, 1.807) is 0 Å². The molecular formula is C13H22O. The molecule has 0 aromatic carbocycles. The largest absolute Gasteiger partial charge is 0.299 e. The van der Waals surface area contributed by atoms with Crippen LogP contribution >= 0.6 is 0 Å². The Morgan fingerprint density at radius 3 is 2.64 bits per heavy atom. The molecule has 1 heteroatoms. The molecule has 1 rings (SSSR count). The van der Waals surface area contributed by atoms with E-state index in [1.807, 2.05) is 6.92 Å². The maximum Gasteiger partial charge on any atom is 0.139 e. The van der Waals surface area contributed by atoms with Crippen molar-refractivity contribution in [3.05, 3.63) is 11.6 Å². The van der Waals surface area contributed by atoms with Crippen LogP contribution in [-0.4, -0.2) is 5.78 Å². The molecule has 0 spiro atoms. The van der Waals surface area contributed by atoms with Crippen LogP contribution in [0.25, 0.3) is 0 Å². The zero-order chi connectivity index (χ0) is 10.8. The normalized spacial score (nSPS) is 23.1. The zero-order valence-electron chi connectivity index (χ0n) is 9.89. The summed E-state index contributed by atoms with van der Waals surface area (Å²) in [5, 5.41) is 0. The monoisotopic (exact) mass is 194 g/mol. The first-order valence-corrected chi connectivity index (χ1v) is 5.70. The Morgan fingerprint density at radius 1 is 1.50 bits per heavy atom. The van der Waals surface area contributed by atoms with Crippen LogP contribution in [0, 0.1) is 11.3 Å². The second kappa shape index (κ2) is 4.29. The van der Waals surface area contributed by atoms with Crippen molar-refractivity contribution in [2.24, 2.45) is 11.3 Å². The number of rotatable bonds is 2. The molecule has 0 fully saturated rings. The Balaban J connectivity index is 2.89. The maximum atomic E-state index is 11.8. The van der Waals surface area contributed by atoms with Gasteiger partial charge in [-0.3, -0.25) is 4.79 Å². The van der Waals surface area contributed by atoms with Crippen molar-refractivity contribution >= 4 is 5.78 Å². The Kier molecular flexibility index (Phi) is 3.52. The second-order valence-electron chi connectivity index (χ2n) is 5.21. The summed E-state index contributed by atoms with van der Waals surface area (Å²) >= 11 is 0. The molecule has 0 aliphatic heterocycles. The van der Waals surface area contributed by atoms with Gasteiger partial charge >= 0.3 is 0 Å². The van der Waals surface area contributed by atoms with Gasteiger partial charge in [-0.2, -0.15) is 0 Å². The van der Waals surface area contributed by atoms with Crippen LogP contribution in [0.1, 0.15) is 53.4 Å². The van der Waals surface area contributed by atoms with Crippen molar-refractivity contribution < 1.29 is 4.79 Å². The molecule has 1 unspecified atom stereocenters. The third-order valence-electron chi connectivity index (χ3n) is 3.04. The van der Waals surface area contributed by atoms with Gasteiger partial charge in [-0.1, -0.05) is 39.3 Å². The first-order valence-electron chi connectivity index (χ1n) is 5.70. The molecule has 0 saturated heterocycles. The third-order valence-corrected chi connectivity index (χ3v) is 3.04. The highest BCUT2D eigenvalue weighted by Gasteiger charge is 2.30. The minimum Gasteiger partial charge on any atom is -0.299 e. The van der Waals surface area contributed by atoms with Gasteiger partial charge in [0.2, 0.25) is 0 Å². The molecule has 1 nitrogen and oxygen atoms in total. The average Bonchev–Trinajstić information content (AvgIpc) is 2.15. The fraction of sp³-hybridized carbons (Fsp3) is 0.769. The van der Waals surface area contributed by atoms with Crippen LogP contribution in [0.3, 0.4) is 0 Å². The standard InChI is InChI=1S/C13H22O/c1-5-12(14)10-8-6-7-9-11(10)13(2,3)4/h9-10H,5-8H2,1-4H3. The topological polar surface area (TPSA) is 17.1 Å². The van der Waals surface area contributed by atoms with Crippen LogP contribution in [0.2, 0.25) is 0 Å². The van der Waals surface area contributed by atoms with E-state index in [4.69, 9.17) is 0 Å². The van der Waals surface area contributed by atoms with E-state index < -0.39 is 0 Å². The van der Waals surface area contributed by atoms with Gasteiger partial charge in [0, 0.05) is 12.3 Å². The summed E-state index contributed by atoms with van der Waals surface area (Å²) in [6, 6.07) is 0.